The second-order valence-electron chi connectivity index (χ2n) is 4.51. The Labute approximate surface area is 101 Å². The molecular formula is C13H18FNO2. The van der Waals surface area contributed by atoms with Crippen molar-refractivity contribution >= 4 is 0 Å². The molecule has 0 unspecified atom stereocenters. The van der Waals surface area contributed by atoms with Gasteiger partial charge in [-0.2, -0.15) is 0 Å². The van der Waals surface area contributed by atoms with Crippen molar-refractivity contribution in [3.8, 4) is 5.75 Å². The van der Waals surface area contributed by atoms with Gasteiger partial charge < -0.3 is 15.2 Å². The van der Waals surface area contributed by atoms with E-state index in [0.29, 0.717) is 19.8 Å². The van der Waals surface area contributed by atoms with Crippen LogP contribution in [0, 0.1) is 5.82 Å². The number of nitrogens with two attached hydrogens (primary N) is 1. The standard InChI is InChI=1S/C13H18FNO2/c1-16-12-4-3-10(14)7-11(12)13(5-2-6-15)8-17-9-13/h3-4,7H,2,5-6,8-9,15H2,1H3. The first kappa shape index (κ1) is 12.3. The van der Waals surface area contributed by atoms with E-state index in [2.05, 4.69) is 0 Å². The molecule has 1 heterocycles. The van der Waals surface area contributed by atoms with Crippen LogP contribution in [0.5, 0.6) is 5.75 Å². The molecular weight excluding hydrogens is 221 g/mol. The summed E-state index contributed by atoms with van der Waals surface area (Å²) in [6.45, 7) is 1.87. The second-order valence-corrected chi connectivity index (χ2v) is 4.51. The fourth-order valence-electron chi connectivity index (χ4n) is 2.32. The lowest BCUT2D eigenvalue weighted by molar-refractivity contribution is -0.0659. The monoisotopic (exact) mass is 239 g/mol. The van der Waals surface area contributed by atoms with Gasteiger partial charge in [0.25, 0.3) is 0 Å². The van der Waals surface area contributed by atoms with Crippen molar-refractivity contribution in [2.75, 3.05) is 26.9 Å². The molecule has 1 aromatic rings. The molecule has 1 saturated heterocycles. The summed E-state index contributed by atoms with van der Waals surface area (Å²) in [5.41, 5.74) is 6.33. The van der Waals surface area contributed by atoms with Crippen molar-refractivity contribution in [1.82, 2.24) is 0 Å². The van der Waals surface area contributed by atoms with E-state index in [-0.39, 0.29) is 11.2 Å². The van der Waals surface area contributed by atoms with Gasteiger partial charge in [-0.25, -0.2) is 4.39 Å². The molecule has 0 spiro atoms. The van der Waals surface area contributed by atoms with Crippen LogP contribution in [0.4, 0.5) is 4.39 Å². The lowest BCUT2D eigenvalue weighted by Crippen LogP contribution is -2.47. The summed E-state index contributed by atoms with van der Waals surface area (Å²) >= 11 is 0. The number of hydrogen-bond acceptors (Lipinski definition) is 3. The van der Waals surface area contributed by atoms with Crippen molar-refractivity contribution in [2.24, 2.45) is 5.73 Å². The highest BCUT2D eigenvalue weighted by Crippen LogP contribution is 2.41. The van der Waals surface area contributed by atoms with Crippen LogP contribution in [-0.2, 0) is 10.2 Å². The molecule has 0 radical (unpaired) electrons. The summed E-state index contributed by atoms with van der Waals surface area (Å²) in [5.74, 6) is 0.492. The van der Waals surface area contributed by atoms with Crippen molar-refractivity contribution in [1.29, 1.82) is 0 Å². The summed E-state index contributed by atoms with van der Waals surface area (Å²) in [7, 11) is 1.60. The number of rotatable bonds is 5. The van der Waals surface area contributed by atoms with Crippen molar-refractivity contribution in [2.45, 2.75) is 18.3 Å². The summed E-state index contributed by atoms with van der Waals surface area (Å²) in [6, 6.07) is 4.64. The van der Waals surface area contributed by atoms with Crippen LogP contribution in [-0.4, -0.2) is 26.9 Å². The Morgan fingerprint density at radius 2 is 2.24 bits per heavy atom. The third-order valence-electron chi connectivity index (χ3n) is 3.35. The Bertz CT molecular complexity index is 391. The van der Waals surface area contributed by atoms with E-state index < -0.39 is 0 Å². The number of halogens is 1. The maximum Gasteiger partial charge on any atom is 0.123 e. The van der Waals surface area contributed by atoms with E-state index in [1.54, 1.807) is 19.2 Å². The lowest BCUT2D eigenvalue weighted by atomic mass is 9.74. The van der Waals surface area contributed by atoms with Gasteiger partial charge >= 0.3 is 0 Å². The van der Waals surface area contributed by atoms with E-state index in [0.717, 1.165) is 24.2 Å². The number of benzene rings is 1. The molecule has 1 fully saturated rings. The van der Waals surface area contributed by atoms with Crippen molar-refractivity contribution < 1.29 is 13.9 Å². The Morgan fingerprint density at radius 3 is 2.76 bits per heavy atom. The zero-order chi connectivity index (χ0) is 12.3. The molecule has 2 rings (SSSR count). The lowest BCUT2D eigenvalue weighted by Gasteiger charge is -2.42. The zero-order valence-corrected chi connectivity index (χ0v) is 10.0. The normalized spacial score (nSPS) is 17.6. The number of methoxy groups -OCH3 is 1. The molecule has 0 aliphatic carbocycles. The molecule has 2 N–H and O–H groups in total. The molecule has 17 heavy (non-hydrogen) atoms. The first-order valence-corrected chi connectivity index (χ1v) is 5.84. The van der Waals surface area contributed by atoms with E-state index in [4.69, 9.17) is 15.2 Å². The molecule has 0 atom stereocenters. The molecule has 0 aromatic heterocycles. The average molecular weight is 239 g/mol. The molecule has 94 valence electrons. The average Bonchev–Trinajstić information content (AvgIpc) is 2.28. The van der Waals surface area contributed by atoms with Crippen LogP contribution in [0.3, 0.4) is 0 Å². The maximum atomic E-state index is 13.4. The first-order valence-electron chi connectivity index (χ1n) is 5.84. The zero-order valence-electron chi connectivity index (χ0n) is 10.0. The van der Waals surface area contributed by atoms with Crippen LogP contribution < -0.4 is 10.5 Å². The summed E-state index contributed by atoms with van der Waals surface area (Å²) in [4.78, 5) is 0. The molecule has 0 amide bonds. The molecule has 0 bridgehead atoms. The van der Waals surface area contributed by atoms with Gasteiger partial charge in [-0.15, -0.1) is 0 Å². The van der Waals surface area contributed by atoms with E-state index >= 15 is 0 Å². The largest absolute Gasteiger partial charge is 0.496 e. The minimum Gasteiger partial charge on any atom is -0.496 e. The maximum absolute atomic E-state index is 13.4. The molecule has 1 aromatic carbocycles. The highest BCUT2D eigenvalue weighted by molar-refractivity contribution is 5.41. The fraction of sp³-hybridized carbons (Fsp3) is 0.538. The smallest absolute Gasteiger partial charge is 0.123 e. The van der Waals surface area contributed by atoms with Gasteiger partial charge in [0.2, 0.25) is 0 Å². The Balaban J connectivity index is 2.32. The highest BCUT2D eigenvalue weighted by Gasteiger charge is 2.41. The van der Waals surface area contributed by atoms with Gasteiger partial charge in [-0.05, 0) is 37.6 Å². The van der Waals surface area contributed by atoms with E-state index in [1.807, 2.05) is 0 Å². The topological polar surface area (TPSA) is 44.5 Å². The van der Waals surface area contributed by atoms with Crippen LogP contribution in [0.15, 0.2) is 18.2 Å². The van der Waals surface area contributed by atoms with Gasteiger partial charge in [0.05, 0.1) is 20.3 Å². The van der Waals surface area contributed by atoms with Crippen molar-refractivity contribution in [3.05, 3.63) is 29.6 Å². The molecule has 1 aliphatic heterocycles. The van der Waals surface area contributed by atoms with E-state index in [1.165, 1.54) is 6.07 Å². The summed E-state index contributed by atoms with van der Waals surface area (Å²) < 4.78 is 24.0. The third-order valence-corrected chi connectivity index (χ3v) is 3.35. The predicted octanol–water partition coefficient (Wildman–Crippen LogP) is 1.84. The van der Waals surface area contributed by atoms with Gasteiger partial charge in [-0.1, -0.05) is 0 Å². The minimum absolute atomic E-state index is 0.118. The van der Waals surface area contributed by atoms with Crippen LogP contribution in [0.2, 0.25) is 0 Å². The molecule has 3 nitrogen and oxygen atoms in total. The number of ether oxygens (including phenoxy) is 2. The highest BCUT2D eigenvalue weighted by atomic mass is 19.1. The van der Waals surface area contributed by atoms with Crippen molar-refractivity contribution in [3.63, 3.8) is 0 Å². The fourth-order valence-corrected chi connectivity index (χ4v) is 2.32. The molecule has 1 aliphatic rings. The van der Waals surface area contributed by atoms with Crippen LogP contribution >= 0.6 is 0 Å². The predicted molar refractivity (Wildman–Crippen MR) is 63.7 cm³/mol. The minimum atomic E-state index is -0.236. The van der Waals surface area contributed by atoms with Gasteiger partial charge in [0.1, 0.15) is 11.6 Å². The Kier molecular flexibility index (Phi) is 3.64. The molecule has 0 saturated carbocycles. The van der Waals surface area contributed by atoms with E-state index in [9.17, 15) is 4.39 Å². The second kappa shape index (κ2) is 5.02. The van der Waals surface area contributed by atoms with Crippen LogP contribution in [0.1, 0.15) is 18.4 Å². The summed E-state index contributed by atoms with van der Waals surface area (Å²) in [6.07, 6.45) is 1.81. The quantitative estimate of drug-likeness (QED) is 0.852. The molecule has 4 heteroatoms. The Hall–Kier alpha value is -1.13. The van der Waals surface area contributed by atoms with Gasteiger partial charge in [0, 0.05) is 11.0 Å². The third kappa shape index (κ3) is 2.28. The van der Waals surface area contributed by atoms with Gasteiger partial charge in [-0.3, -0.25) is 0 Å². The summed E-state index contributed by atoms with van der Waals surface area (Å²) in [5, 5.41) is 0. The van der Waals surface area contributed by atoms with Crippen LogP contribution in [0.25, 0.3) is 0 Å². The van der Waals surface area contributed by atoms with Gasteiger partial charge in [0.15, 0.2) is 0 Å². The Morgan fingerprint density at radius 1 is 1.47 bits per heavy atom. The SMILES string of the molecule is COc1ccc(F)cc1C1(CCCN)COC1. The number of hydrogen-bond donors (Lipinski definition) is 1. The first-order chi connectivity index (χ1) is 8.22.